The van der Waals surface area contributed by atoms with E-state index in [9.17, 15) is 8.42 Å². The molecule has 0 saturated carbocycles. The molecule has 0 radical (unpaired) electrons. The first-order valence-corrected chi connectivity index (χ1v) is 9.48. The molecule has 1 aliphatic rings. The summed E-state index contributed by atoms with van der Waals surface area (Å²) in [5.74, 6) is 0.834. The van der Waals surface area contributed by atoms with Crippen molar-refractivity contribution in [1.82, 2.24) is 14.9 Å². The Kier molecular flexibility index (Phi) is 8.02. The summed E-state index contributed by atoms with van der Waals surface area (Å²) >= 11 is 0. The number of piperidine rings is 1. The maximum absolute atomic E-state index is 11.9. The maximum atomic E-state index is 11.9. The molecular formula is C14H31N3O2S. The van der Waals surface area contributed by atoms with Gasteiger partial charge in [0, 0.05) is 19.1 Å². The van der Waals surface area contributed by atoms with Crippen molar-refractivity contribution in [2.24, 2.45) is 5.92 Å². The van der Waals surface area contributed by atoms with Gasteiger partial charge in [0.15, 0.2) is 0 Å². The van der Waals surface area contributed by atoms with E-state index in [0.717, 1.165) is 45.3 Å². The highest BCUT2D eigenvalue weighted by Gasteiger charge is 2.17. The highest BCUT2D eigenvalue weighted by Crippen LogP contribution is 2.16. The molecule has 1 atom stereocenters. The Morgan fingerprint density at radius 2 is 2.00 bits per heavy atom. The summed E-state index contributed by atoms with van der Waals surface area (Å²) in [4.78, 5) is 2.19. The largest absolute Gasteiger partial charge is 0.317 e. The minimum absolute atomic E-state index is 0.269. The molecule has 0 aromatic carbocycles. The molecule has 2 N–H and O–H groups in total. The Labute approximate surface area is 124 Å². The van der Waals surface area contributed by atoms with Gasteiger partial charge in [-0.05, 0) is 58.7 Å². The Morgan fingerprint density at radius 1 is 1.35 bits per heavy atom. The van der Waals surface area contributed by atoms with E-state index >= 15 is 0 Å². The van der Waals surface area contributed by atoms with Crippen LogP contribution >= 0.6 is 0 Å². The normalized spacial score (nSPS) is 19.4. The lowest BCUT2D eigenvalue weighted by atomic mass is 9.96. The van der Waals surface area contributed by atoms with Crippen LogP contribution in [-0.2, 0) is 10.0 Å². The van der Waals surface area contributed by atoms with Crippen LogP contribution in [0.2, 0.25) is 0 Å². The average molecular weight is 305 g/mol. The Hall–Kier alpha value is -0.170. The van der Waals surface area contributed by atoms with Crippen LogP contribution in [0.3, 0.4) is 0 Å². The van der Waals surface area contributed by atoms with Crippen LogP contribution in [0.1, 0.15) is 39.5 Å². The predicted molar refractivity (Wildman–Crippen MR) is 84.4 cm³/mol. The first kappa shape index (κ1) is 17.9. The molecule has 0 aromatic rings. The molecule has 0 spiro atoms. The minimum atomic E-state index is -3.11. The van der Waals surface area contributed by atoms with E-state index in [-0.39, 0.29) is 5.75 Å². The topological polar surface area (TPSA) is 61.4 Å². The summed E-state index contributed by atoms with van der Waals surface area (Å²) in [6.45, 7) is 7.63. The quantitative estimate of drug-likeness (QED) is 0.668. The van der Waals surface area contributed by atoms with E-state index in [0.29, 0.717) is 18.5 Å². The van der Waals surface area contributed by atoms with Gasteiger partial charge in [0.25, 0.3) is 0 Å². The number of sulfonamides is 1. The lowest BCUT2D eigenvalue weighted by molar-refractivity contribution is 0.256. The van der Waals surface area contributed by atoms with Crippen LogP contribution in [0.25, 0.3) is 0 Å². The van der Waals surface area contributed by atoms with Crippen LogP contribution in [0, 0.1) is 5.92 Å². The molecule has 1 heterocycles. The Bertz CT molecular complexity index is 353. The Balaban J connectivity index is 2.20. The molecule has 0 aliphatic carbocycles. The van der Waals surface area contributed by atoms with Crippen molar-refractivity contribution in [3.05, 3.63) is 0 Å². The van der Waals surface area contributed by atoms with E-state index in [2.05, 4.69) is 28.8 Å². The third kappa shape index (κ3) is 7.02. The number of rotatable bonds is 9. The predicted octanol–water partition coefficient (Wildman–Crippen LogP) is 1.03. The minimum Gasteiger partial charge on any atom is -0.317 e. The van der Waals surface area contributed by atoms with E-state index in [1.165, 1.54) is 0 Å². The summed E-state index contributed by atoms with van der Waals surface area (Å²) in [5, 5.41) is 3.30. The summed E-state index contributed by atoms with van der Waals surface area (Å²) in [7, 11) is -1.07. The van der Waals surface area contributed by atoms with Gasteiger partial charge >= 0.3 is 0 Å². The Morgan fingerprint density at radius 3 is 2.60 bits per heavy atom. The SMILES string of the molecule is CCC(C)N(C)CCNS(=O)(=O)CCC1CCNCC1. The highest BCUT2D eigenvalue weighted by atomic mass is 32.2. The van der Waals surface area contributed by atoms with E-state index in [1.807, 2.05) is 7.05 Å². The summed E-state index contributed by atoms with van der Waals surface area (Å²) in [6.07, 6.45) is 4.08. The smallest absolute Gasteiger partial charge is 0.211 e. The first-order chi connectivity index (χ1) is 9.44. The lowest BCUT2D eigenvalue weighted by Crippen LogP contribution is -2.38. The molecule has 0 aromatic heterocycles. The molecule has 1 aliphatic heterocycles. The zero-order valence-corrected chi connectivity index (χ0v) is 14.0. The second kappa shape index (κ2) is 8.97. The molecule has 120 valence electrons. The van der Waals surface area contributed by atoms with Crippen molar-refractivity contribution >= 4 is 10.0 Å². The van der Waals surface area contributed by atoms with Gasteiger partial charge < -0.3 is 10.2 Å². The number of likely N-dealkylation sites (N-methyl/N-ethyl adjacent to an activating group) is 1. The monoisotopic (exact) mass is 305 g/mol. The summed E-state index contributed by atoms with van der Waals surface area (Å²) < 4.78 is 26.6. The van der Waals surface area contributed by atoms with Gasteiger partial charge in [-0.3, -0.25) is 0 Å². The van der Waals surface area contributed by atoms with E-state index in [1.54, 1.807) is 0 Å². The molecule has 0 amide bonds. The molecule has 1 fully saturated rings. The van der Waals surface area contributed by atoms with Crippen LogP contribution in [0.15, 0.2) is 0 Å². The zero-order valence-electron chi connectivity index (χ0n) is 13.2. The number of hydrogen-bond donors (Lipinski definition) is 2. The fourth-order valence-corrected chi connectivity index (χ4v) is 3.66. The van der Waals surface area contributed by atoms with Gasteiger partial charge in [0.2, 0.25) is 10.0 Å². The van der Waals surface area contributed by atoms with Crippen molar-refractivity contribution in [2.45, 2.75) is 45.6 Å². The summed E-state index contributed by atoms with van der Waals surface area (Å²) in [6, 6.07) is 0.495. The molecule has 1 rings (SSSR count). The standard InChI is InChI=1S/C14H31N3O2S/c1-4-13(2)17(3)11-10-16-20(18,19)12-7-14-5-8-15-9-6-14/h13-16H,4-12H2,1-3H3. The number of hydrogen-bond acceptors (Lipinski definition) is 4. The van der Waals surface area contributed by atoms with Gasteiger partial charge in [-0.15, -0.1) is 0 Å². The molecule has 20 heavy (non-hydrogen) atoms. The van der Waals surface area contributed by atoms with Crippen molar-refractivity contribution in [2.75, 3.05) is 39.0 Å². The maximum Gasteiger partial charge on any atom is 0.211 e. The van der Waals surface area contributed by atoms with Crippen LogP contribution < -0.4 is 10.0 Å². The van der Waals surface area contributed by atoms with Crippen molar-refractivity contribution in [3.8, 4) is 0 Å². The van der Waals surface area contributed by atoms with E-state index < -0.39 is 10.0 Å². The van der Waals surface area contributed by atoms with Crippen molar-refractivity contribution in [3.63, 3.8) is 0 Å². The summed E-state index contributed by atoms with van der Waals surface area (Å²) in [5.41, 5.74) is 0. The molecular weight excluding hydrogens is 274 g/mol. The fraction of sp³-hybridized carbons (Fsp3) is 1.00. The second-order valence-electron chi connectivity index (χ2n) is 5.93. The third-order valence-electron chi connectivity index (χ3n) is 4.38. The van der Waals surface area contributed by atoms with Crippen LogP contribution in [0.4, 0.5) is 0 Å². The lowest BCUT2D eigenvalue weighted by Gasteiger charge is -2.24. The molecule has 0 bridgehead atoms. The van der Waals surface area contributed by atoms with Crippen molar-refractivity contribution < 1.29 is 8.42 Å². The first-order valence-electron chi connectivity index (χ1n) is 7.83. The number of nitrogens with one attached hydrogen (secondary N) is 2. The third-order valence-corrected chi connectivity index (χ3v) is 5.80. The van der Waals surface area contributed by atoms with Crippen LogP contribution in [-0.4, -0.2) is 58.3 Å². The molecule has 1 saturated heterocycles. The van der Waals surface area contributed by atoms with Crippen LogP contribution in [0.5, 0.6) is 0 Å². The second-order valence-corrected chi connectivity index (χ2v) is 7.86. The average Bonchev–Trinajstić information content (AvgIpc) is 2.45. The van der Waals surface area contributed by atoms with Gasteiger partial charge in [-0.2, -0.15) is 0 Å². The highest BCUT2D eigenvalue weighted by molar-refractivity contribution is 7.89. The van der Waals surface area contributed by atoms with E-state index in [4.69, 9.17) is 0 Å². The van der Waals surface area contributed by atoms with Gasteiger partial charge in [-0.25, -0.2) is 13.1 Å². The number of nitrogens with zero attached hydrogens (tertiary/aromatic N) is 1. The van der Waals surface area contributed by atoms with Crippen molar-refractivity contribution in [1.29, 1.82) is 0 Å². The van der Waals surface area contributed by atoms with Gasteiger partial charge in [0.05, 0.1) is 5.75 Å². The van der Waals surface area contributed by atoms with Gasteiger partial charge in [0.1, 0.15) is 0 Å². The molecule has 5 nitrogen and oxygen atoms in total. The molecule has 6 heteroatoms. The fourth-order valence-electron chi connectivity index (χ4n) is 2.47. The molecule has 1 unspecified atom stereocenters. The van der Waals surface area contributed by atoms with Gasteiger partial charge in [-0.1, -0.05) is 6.92 Å². The zero-order chi connectivity index (χ0) is 15.0.